The van der Waals surface area contributed by atoms with Crippen molar-refractivity contribution in [3.05, 3.63) is 0 Å². The van der Waals surface area contributed by atoms with Gasteiger partial charge in [0.05, 0.1) is 0 Å². The fourth-order valence-electron chi connectivity index (χ4n) is 1.98. The summed E-state index contributed by atoms with van der Waals surface area (Å²) >= 11 is 0. The maximum atomic E-state index is 11.6. The first-order valence-corrected chi connectivity index (χ1v) is 5.09. The summed E-state index contributed by atoms with van der Waals surface area (Å²) in [6.07, 6.45) is 0.508. The van der Waals surface area contributed by atoms with Crippen LogP contribution in [0.3, 0.4) is 0 Å². The second kappa shape index (κ2) is 4.75. The molecule has 0 aromatic rings. The number of nitrogens with zero attached hydrogens (tertiary/aromatic N) is 2. The lowest BCUT2D eigenvalue weighted by atomic mass is 10.1. The summed E-state index contributed by atoms with van der Waals surface area (Å²) in [6, 6.07) is 0.244. The van der Waals surface area contributed by atoms with Crippen LogP contribution in [0.25, 0.3) is 0 Å². The van der Waals surface area contributed by atoms with E-state index in [0.717, 1.165) is 6.54 Å². The molecular formula is C10H20N2O2. The van der Waals surface area contributed by atoms with Gasteiger partial charge in [-0.15, -0.1) is 0 Å². The zero-order valence-electron chi connectivity index (χ0n) is 9.23. The molecule has 1 rings (SSSR count). The third kappa shape index (κ3) is 2.69. The van der Waals surface area contributed by atoms with Crippen LogP contribution in [0.15, 0.2) is 0 Å². The fraction of sp³-hybridized carbons (Fsp3) is 0.900. The van der Waals surface area contributed by atoms with Crippen molar-refractivity contribution in [2.24, 2.45) is 5.92 Å². The van der Waals surface area contributed by atoms with Crippen molar-refractivity contribution in [3.63, 3.8) is 0 Å². The molecule has 0 aromatic carbocycles. The van der Waals surface area contributed by atoms with Crippen molar-refractivity contribution in [1.82, 2.24) is 9.80 Å². The van der Waals surface area contributed by atoms with E-state index in [2.05, 4.69) is 11.8 Å². The molecule has 0 saturated carbocycles. The smallest absolute Gasteiger partial charge is 0.223 e. The SMILES string of the molecule is CC(CN(C)C)N1CC(CO)CC1=O. The summed E-state index contributed by atoms with van der Waals surface area (Å²) in [5.41, 5.74) is 0. The summed E-state index contributed by atoms with van der Waals surface area (Å²) < 4.78 is 0. The van der Waals surface area contributed by atoms with Crippen LogP contribution in [0.1, 0.15) is 13.3 Å². The normalized spacial score (nSPS) is 24.8. The van der Waals surface area contributed by atoms with Crippen molar-refractivity contribution in [3.8, 4) is 0 Å². The second-order valence-corrected chi connectivity index (χ2v) is 4.41. The molecule has 82 valence electrons. The molecule has 2 unspecified atom stereocenters. The quantitative estimate of drug-likeness (QED) is 0.682. The van der Waals surface area contributed by atoms with Crippen molar-refractivity contribution < 1.29 is 9.90 Å². The summed E-state index contributed by atoms with van der Waals surface area (Å²) in [4.78, 5) is 15.5. The van der Waals surface area contributed by atoms with E-state index < -0.39 is 0 Å². The van der Waals surface area contributed by atoms with Gasteiger partial charge in [-0.3, -0.25) is 4.79 Å². The van der Waals surface area contributed by atoms with E-state index in [1.807, 2.05) is 19.0 Å². The van der Waals surface area contributed by atoms with Gasteiger partial charge in [-0.05, 0) is 21.0 Å². The van der Waals surface area contributed by atoms with Crippen LogP contribution in [-0.4, -0.2) is 60.6 Å². The first-order chi connectivity index (χ1) is 6.54. The van der Waals surface area contributed by atoms with Crippen LogP contribution in [-0.2, 0) is 4.79 Å². The van der Waals surface area contributed by atoms with E-state index in [1.165, 1.54) is 0 Å². The number of aliphatic hydroxyl groups excluding tert-OH is 1. The molecule has 0 aromatic heterocycles. The molecule has 0 aliphatic carbocycles. The van der Waals surface area contributed by atoms with Crippen LogP contribution in [0.4, 0.5) is 0 Å². The Labute approximate surface area is 85.5 Å². The van der Waals surface area contributed by atoms with Crippen molar-refractivity contribution in [2.75, 3.05) is 33.8 Å². The number of hydrogen-bond acceptors (Lipinski definition) is 3. The van der Waals surface area contributed by atoms with Gasteiger partial charge in [0.1, 0.15) is 0 Å². The Morgan fingerprint density at radius 2 is 2.29 bits per heavy atom. The number of likely N-dealkylation sites (tertiary alicyclic amines) is 1. The Kier molecular flexibility index (Phi) is 3.89. The number of likely N-dealkylation sites (N-methyl/N-ethyl adjacent to an activating group) is 1. The molecule has 1 fully saturated rings. The molecule has 4 heteroatoms. The Hall–Kier alpha value is -0.610. The van der Waals surface area contributed by atoms with Gasteiger partial charge in [-0.2, -0.15) is 0 Å². The Morgan fingerprint density at radius 3 is 2.71 bits per heavy atom. The first kappa shape index (κ1) is 11.5. The number of hydrogen-bond donors (Lipinski definition) is 1. The second-order valence-electron chi connectivity index (χ2n) is 4.41. The molecule has 0 bridgehead atoms. The summed E-state index contributed by atoms with van der Waals surface area (Å²) in [6.45, 7) is 3.77. The van der Waals surface area contributed by atoms with E-state index in [1.54, 1.807) is 0 Å². The number of aliphatic hydroxyl groups is 1. The number of rotatable bonds is 4. The summed E-state index contributed by atoms with van der Waals surface area (Å²) in [5, 5.41) is 8.98. The minimum Gasteiger partial charge on any atom is -0.396 e. The monoisotopic (exact) mass is 200 g/mol. The van der Waals surface area contributed by atoms with E-state index >= 15 is 0 Å². The average Bonchev–Trinajstić information content (AvgIpc) is 2.45. The Bertz CT molecular complexity index is 206. The molecule has 1 heterocycles. The van der Waals surface area contributed by atoms with Crippen LogP contribution in [0.2, 0.25) is 0 Å². The molecule has 1 amide bonds. The number of amides is 1. The summed E-state index contributed by atoms with van der Waals surface area (Å²) in [5.74, 6) is 0.325. The lowest BCUT2D eigenvalue weighted by Gasteiger charge is -2.27. The predicted molar refractivity (Wildman–Crippen MR) is 54.9 cm³/mol. The van der Waals surface area contributed by atoms with Crippen molar-refractivity contribution >= 4 is 5.91 Å². The number of carbonyl (C=O) groups is 1. The molecule has 2 atom stereocenters. The topological polar surface area (TPSA) is 43.8 Å². The maximum absolute atomic E-state index is 11.6. The van der Waals surface area contributed by atoms with Crippen LogP contribution in [0.5, 0.6) is 0 Å². The molecule has 1 N–H and O–H groups in total. The van der Waals surface area contributed by atoms with Gasteiger partial charge in [0.2, 0.25) is 5.91 Å². The van der Waals surface area contributed by atoms with Crippen LogP contribution >= 0.6 is 0 Å². The van der Waals surface area contributed by atoms with Crippen LogP contribution in [0, 0.1) is 5.92 Å². The molecule has 4 nitrogen and oxygen atoms in total. The van der Waals surface area contributed by atoms with E-state index in [9.17, 15) is 4.79 Å². The molecule has 1 saturated heterocycles. The molecule has 1 aliphatic rings. The van der Waals surface area contributed by atoms with Gasteiger partial charge in [0, 0.05) is 38.1 Å². The van der Waals surface area contributed by atoms with E-state index in [0.29, 0.717) is 13.0 Å². The van der Waals surface area contributed by atoms with Gasteiger partial charge in [0.15, 0.2) is 0 Å². The average molecular weight is 200 g/mol. The first-order valence-electron chi connectivity index (χ1n) is 5.09. The zero-order valence-corrected chi connectivity index (χ0v) is 9.23. The van der Waals surface area contributed by atoms with Gasteiger partial charge in [0.25, 0.3) is 0 Å². The molecular weight excluding hydrogens is 180 g/mol. The third-order valence-corrected chi connectivity index (χ3v) is 2.66. The molecule has 0 spiro atoms. The standard InChI is InChI=1S/C10H20N2O2/c1-8(5-11(2)3)12-6-9(7-13)4-10(12)14/h8-9,13H,4-7H2,1-3H3. The predicted octanol–water partition coefficient (Wildman–Crippen LogP) is -0.223. The van der Waals surface area contributed by atoms with E-state index in [-0.39, 0.29) is 24.5 Å². The van der Waals surface area contributed by atoms with Gasteiger partial charge in [-0.25, -0.2) is 0 Å². The highest BCUT2D eigenvalue weighted by atomic mass is 16.3. The lowest BCUT2D eigenvalue weighted by Crippen LogP contribution is -2.41. The number of carbonyl (C=O) groups excluding carboxylic acids is 1. The minimum absolute atomic E-state index is 0.122. The lowest BCUT2D eigenvalue weighted by molar-refractivity contribution is -0.129. The third-order valence-electron chi connectivity index (χ3n) is 2.66. The molecule has 0 radical (unpaired) electrons. The highest BCUT2D eigenvalue weighted by Crippen LogP contribution is 2.19. The minimum atomic E-state index is 0.122. The molecule has 1 aliphatic heterocycles. The van der Waals surface area contributed by atoms with Crippen LogP contribution < -0.4 is 0 Å². The highest BCUT2D eigenvalue weighted by Gasteiger charge is 2.31. The van der Waals surface area contributed by atoms with Crippen molar-refractivity contribution in [1.29, 1.82) is 0 Å². The van der Waals surface area contributed by atoms with Crippen molar-refractivity contribution in [2.45, 2.75) is 19.4 Å². The fourth-order valence-corrected chi connectivity index (χ4v) is 1.98. The highest BCUT2D eigenvalue weighted by molar-refractivity contribution is 5.79. The van der Waals surface area contributed by atoms with Gasteiger partial charge in [-0.1, -0.05) is 0 Å². The Balaban J connectivity index is 2.48. The maximum Gasteiger partial charge on any atom is 0.223 e. The van der Waals surface area contributed by atoms with Gasteiger partial charge >= 0.3 is 0 Å². The zero-order chi connectivity index (χ0) is 10.7. The largest absolute Gasteiger partial charge is 0.396 e. The Morgan fingerprint density at radius 1 is 1.64 bits per heavy atom. The van der Waals surface area contributed by atoms with E-state index in [4.69, 9.17) is 5.11 Å². The summed E-state index contributed by atoms with van der Waals surface area (Å²) in [7, 11) is 4.00. The molecule has 14 heavy (non-hydrogen) atoms. The van der Waals surface area contributed by atoms with Gasteiger partial charge < -0.3 is 14.9 Å².